The maximum absolute atomic E-state index is 6.16. The van der Waals surface area contributed by atoms with Crippen molar-refractivity contribution in [1.29, 1.82) is 0 Å². The number of guanidine groups is 1. The lowest BCUT2D eigenvalue weighted by molar-refractivity contribution is 0.270. The smallest absolute Gasteiger partial charge is 0.191 e. The number of hydrogen-bond acceptors (Lipinski definition) is 2. The summed E-state index contributed by atoms with van der Waals surface area (Å²) < 4.78 is 1.96. The molecule has 0 radical (unpaired) electrons. The minimum atomic E-state index is 0.711. The molecule has 0 aliphatic carbocycles. The zero-order valence-electron chi connectivity index (χ0n) is 15.4. The first-order chi connectivity index (χ1) is 12.1. The Labute approximate surface area is 150 Å². The number of nitrogens with zero attached hydrogens (tertiary/aromatic N) is 4. The van der Waals surface area contributed by atoms with Crippen LogP contribution in [0.3, 0.4) is 0 Å². The molecule has 1 aliphatic heterocycles. The van der Waals surface area contributed by atoms with Crippen LogP contribution in [0.2, 0.25) is 0 Å². The fourth-order valence-electron chi connectivity index (χ4n) is 3.41. The van der Waals surface area contributed by atoms with Crippen LogP contribution in [-0.2, 0) is 6.42 Å². The van der Waals surface area contributed by atoms with E-state index in [0.717, 1.165) is 43.9 Å². The van der Waals surface area contributed by atoms with E-state index < -0.39 is 0 Å². The Bertz CT molecular complexity index is 704. The summed E-state index contributed by atoms with van der Waals surface area (Å²) in [6, 6.07) is 10.2. The number of aromatic nitrogens is 2. The zero-order valence-corrected chi connectivity index (χ0v) is 15.4. The fourth-order valence-corrected chi connectivity index (χ4v) is 3.41. The van der Waals surface area contributed by atoms with E-state index in [2.05, 4.69) is 47.2 Å². The molecule has 2 heterocycles. The molecule has 25 heavy (non-hydrogen) atoms. The van der Waals surface area contributed by atoms with E-state index in [1.165, 1.54) is 18.4 Å². The van der Waals surface area contributed by atoms with Crippen LogP contribution in [0.15, 0.2) is 41.5 Å². The number of rotatable bonds is 5. The van der Waals surface area contributed by atoms with Crippen LogP contribution in [0.25, 0.3) is 5.69 Å². The number of aryl methyl sites for hydroxylation is 2. The molecule has 134 valence electrons. The molecule has 0 bridgehead atoms. The molecule has 5 nitrogen and oxygen atoms in total. The SMILES string of the molecule is Cc1nn(-c2ccccc2)cc1CCCN=C(N)N1CCCC(C)C1. The van der Waals surface area contributed by atoms with Gasteiger partial charge in [-0.15, -0.1) is 0 Å². The second-order valence-corrected chi connectivity index (χ2v) is 7.06. The van der Waals surface area contributed by atoms with Gasteiger partial charge in [0.2, 0.25) is 0 Å². The summed E-state index contributed by atoms with van der Waals surface area (Å²) in [6.07, 6.45) is 6.62. The van der Waals surface area contributed by atoms with E-state index in [4.69, 9.17) is 5.73 Å². The Hall–Kier alpha value is -2.30. The molecule has 1 unspecified atom stereocenters. The van der Waals surface area contributed by atoms with Crippen molar-refractivity contribution < 1.29 is 0 Å². The van der Waals surface area contributed by atoms with Gasteiger partial charge in [0.05, 0.1) is 11.4 Å². The van der Waals surface area contributed by atoms with Gasteiger partial charge < -0.3 is 10.6 Å². The second-order valence-electron chi connectivity index (χ2n) is 7.06. The topological polar surface area (TPSA) is 59.4 Å². The summed E-state index contributed by atoms with van der Waals surface area (Å²) in [5.74, 6) is 1.43. The largest absolute Gasteiger partial charge is 0.370 e. The lowest BCUT2D eigenvalue weighted by Crippen LogP contribution is -2.43. The average Bonchev–Trinajstić information content (AvgIpc) is 3.00. The molecule has 3 rings (SSSR count). The van der Waals surface area contributed by atoms with Crippen LogP contribution < -0.4 is 5.73 Å². The molecule has 1 fully saturated rings. The summed E-state index contributed by atoms with van der Waals surface area (Å²) in [6.45, 7) is 7.21. The first-order valence-corrected chi connectivity index (χ1v) is 9.29. The molecule has 0 saturated carbocycles. The summed E-state index contributed by atoms with van der Waals surface area (Å²) in [5, 5.41) is 4.62. The van der Waals surface area contributed by atoms with Gasteiger partial charge in [0, 0.05) is 25.8 Å². The number of benzene rings is 1. The molecular weight excluding hydrogens is 310 g/mol. The number of para-hydroxylation sites is 1. The van der Waals surface area contributed by atoms with E-state index in [0.29, 0.717) is 11.9 Å². The van der Waals surface area contributed by atoms with Gasteiger partial charge >= 0.3 is 0 Å². The molecule has 2 aromatic rings. The quantitative estimate of drug-likeness (QED) is 0.517. The highest BCUT2D eigenvalue weighted by molar-refractivity contribution is 5.78. The van der Waals surface area contributed by atoms with Crippen molar-refractivity contribution in [3.63, 3.8) is 0 Å². The Kier molecular flexibility index (Phi) is 5.74. The van der Waals surface area contributed by atoms with Crippen molar-refractivity contribution in [2.75, 3.05) is 19.6 Å². The number of nitrogens with two attached hydrogens (primary N) is 1. The predicted molar refractivity (Wildman–Crippen MR) is 103 cm³/mol. The lowest BCUT2D eigenvalue weighted by atomic mass is 10.0. The molecule has 1 aromatic carbocycles. The fraction of sp³-hybridized carbons (Fsp3) is 0.500. The Balaban J connectivity index is 1.52. The highest BCUT2D eigenvalue weighted by Crippen LogP contribution is 2.15. The van der Waals surface area contributed by atoms with Crippen LogP contribution in [0.4, 0.5) is 0 Å². The van der Waals surface area contributed by atoms with Gasteiger partial charge in [0.1, 0.15) is 0 Å². The highest BCUT2D eigenvalue weighted by atomic mass is 15.3. The van der Waals surface area contributed by atoms with Crippen molar-refractivity contribution in [1.82, 2.24) is 14.7 Å². The third-order valence-corrected chi connectivity index (χ3v) is 4.88. The number of likely N-dealkylation sites (tertiary alicyclic amines) is 1. The Morgan fingerprint density at radius 2 is 2.12 bits per heavy atom. The molecule has 0 spiro atoms. The maximum atomic E-state index is 6.16. The third kappa shape index (κ3) is 4.62. The van der Waals surface area contributed by atoms with Gasteiger partial charge in [-0.2, -0.15) is 5.10 Å². The minimum absolute atomic E-state index is 0.711. The molecular formula is C20H29N5. The van der Waals surface area contributed by atoms with Gasteiger partial charge in [-0.25, -0.2) is 4.68 Å². The van der Waals surface area contributed by atoms with Crippen molar-refractivity contribution in [2.45, 2.75) is 39.5 Å². The summed E-state index contributed by atoms with van der Waals surface area (Å²) >= 11 is 0. The molecule has 0 amide bonds. The second kappa shape index (κ2) is 8.19. The van der Waals surface area contributed by atoms with Crippen LogP contribution in [-0.4, -0.2) is 40.3 Å². The molecule has 1 saturated heterocycles. The molecule has 1 atom stereocenters. The van der Waals surface area contributed by atoms with E-state index in [9.17, 15) is 0 Å². The van der Waals surface area contributed by atoms with Crippen LogP contribution in [0, 0.1) is 12.8 Å². The molecule has 1 aromatic heterocycles. The van der Waals surface area contributed by atoms with E-state index in [1.807, 2.05) is 22.9 Å². The van der Waals surface area contributed by atoms with Crippen LogP contribution >= 0.6 is 0 Å². The average molecular weight is 339 g/mol. The van der Waals surface area contributed by atoms with Gasteiger partial charge in [0.15, 0.2) is 5.96 Å². The third-order valence-electron chi connectivity index (χ3n) is 4.88. The Morgan fingerprint density at radius 1 is 1.32 bits per heavy atom. The van der Waals surface area contributed by atoms with Crippen LogP contribution in [0.5, 0.6) is 0 Å². The van der Waals surface area contributed by atoms with Crippen molar-refractivity contribution in [3.05, 3.63) is 47.8 Å². The van der Waals surface area contributed by atoms with Crippen molar-refractivity contribution in [2.24, 2.45) is 16.6 Å². The van der Waals surface area contributed by atoms with Gasteiger partial charge in [0.25, 0.3) is 0 Å². The highest BCUT2D eigenvalue weighted by Gasteiger charge is 2.17. The zero-order chi connectivity index (χ0) is 17.6. The summed E-state index contributed by atoms with van der Waals surface area (Å²) in [7, 11) is 0. The monoisotopic (exact) mass is 339 g/mol. The van der Waals surface area contributed by atoms with E-state index in [-0.39, 0.29) is 0 Å². The lowest BCUT2D eigenvalue weighted by Gasteiger charge is -2.31. The van der Waals surface area contributed by atoms with E-state index in [1.54, 1.807) is 0 Å². The Morgan fingerprint density at radius 3 is 2.88 bits per heavy atom. The summed E-state index contributed by atoms with van der Waals surface area (Å²) in [5.41, 5.74) is 9.63. The first-order valence-electron chi connectivity index (χ1n) is 9.29. The molecule has 1 aliphatic rings. The van der Waals surface area contributed by atoms with Crippen LogP contribution in [0.1, 0.15) is 37.4 Å². The van der Waals surface area contributed by atoms with E-state index >= 15 is 0 Å². The van der Waals surface area contributed by atoms with Crippen molar-refractivity contribution in [3.8, 4) is 5.69 Å². The molecule has 2 N–H and O–H groups in total. The first kappa shape index (κ1) is 17.5. The van der Waals surface area contributed by atoms with Gasteiger partial charge in [-0.3, -0.25) is 4.99 Å². The minimum Gasteiger partial charge on any atom is -0.370 e. The standard InChI is InChI=1S/C20H29N5/c1-16-8-7-13-24(14-16)20(21)22-12-6-9-18-15-25(23-17(18)2)19-10-4-3-5-11-19/h3-5,10-11,15-16H,6-9,12-14H2,1-2H3,(H2,21,22). The van der Waals surface area contributed by atoms with Gasteiger partial charge in [-0.1, -0.05) is 25.1 Å². The number of piperidine rings is 1. The predicted octanol–water partition coefficient (Wildman–Crippen LogP) is 3.16. The summed E-state index contributed by atoms with van der Waals surface area (Å²) in [4.78, 5) is 6.81. The van der Waals surface area contributed by atoms with Gasteiger partial charge in [-0.05, 0) is 56.2 Å². The number of aliphatic imine (C=N–C) groups is 1. The maximum Gasteiger partial charge on any atom is 0.191 e. The van der Waals surface area contributed by atoms with Crippen molar-refractivity contribution >= 4 is 5.96 Å². The number of hydrogen-bond donors (Lipinski definition) is 1. The molecule has 5 heteroatoms. The normalized spacial score (nSPS) is 18.6.